The van der Waals surface area contributed by atoms with Crippen molar-refractivity contribution in [2.24, 2.45) is 0 Å². The minimum Gasteiger partial charge on any atom is -0.497 e. The van der Waals surface area contributed by atoms with Gasteiger partial charge in [0.25, 0.3) is 0 Å². The van der Waals surface area contributed by atoms with E-state index in [-0.39, 0.29) is 0 Å². The van der Waals surface area contributed by atoms with E-state index in [0.29, 0.717) is 5.92 Å². The average molecular weight is 359 g/mol. The Morgan fingerprint density at radius 1 is 1.07 bits per heavy atom. The van der Waals surface area contributed by atoms with Gasteiger partial charge in [-0.15, -0.1) is 0 Å². The lowest BCUT2D eigenvalue weighted by atomic mass is 10.0. The number of hydrogen-bond acceptors (Lipinski definition) is 5. The third-order valence-electron chi connectivity index (χ3n) is 4.63. The Kier molecular flexibility index (Phi) is 4.70. The molecule has 2 N–H and O–H groups in total. The average Bonchev–Trinajstić information content (AvgIpc) is 3.26. The third kappa shape index (κ3) is 3.74. The quantitative estimate of drug-likeness (QED) is 0.538. The van der Waals surface area contributed by atoms with Crippen molar-refractivity contribution in [2.45, 2.75) is 12.8 Å². The van der Waals surface area contributed by atoms with Crippen LogP contribution in [0.2, 0.25) is 0 Å². The highest BCUT2D eigenvalue weighted by atomic mass is 16.5. The summed E-state index contributed by atoms with van der Waals surface area (Å²) in [5.74, 6) is 1.97. The van der Waals surface area contributed by atoms with Crippen molar-refractivity contribution in [1.29, 1.82) is 0 Å². The van der Waals surface area contributed by atoms with E-state index in [4.69, 9.17) is 4.74 Å². The lowest BCUT2D eigenvalue weighted by Crippen LogP contribution is -2.11. The highest BCUT2D eigenvalue weighted by molar-refractivity contribution is 5.81. The molecule has 6 nitrogen and oxygen atoms in total. The number of rotatable bonds is 6. The van der Waals surface area contributed by atoms with Crippen LogP contribution in [0.25, 0.3) is 22.2 Å². The molecule has 2 heterocycles. The number of nitrogens with one attached hydrogen (secondary N) is 2. The minimum atomic E-state index is 0.320. The van der Waals surface area contributed by atoms with Crippen LogP contribution in [0.3, 0.4) is 0 Å². The van der Waals surface area contributed by atoms with Crippen LogP contribution in [-0.2, 0) is 0 Å². The Labute approximate surface area is 157 Å². The van der Waals surface area contributed by atoms with Crippen LogP contribution in [0.15, 0.2) is 61.1 Å². The van der Waals surface area contributed by atoms with Gasteiger partial charge in [0.2, 0.25) is 0 Å². The third-order valence-corrected chi connectivity index (χ3v) is 4.63. The van der Waals surface area contributed by atoms with Crippen LogP contribution in [-0.4, -0.2) is 33.8 Å². The predicted molar refractivity (Wildman–Crippen MR) is 107 cm³/mol. The fourth-order valence-corrected chi connectivity index (χ4v) is 3.01. The summed E-state index contributed by atoms with van der Waals surface area (Å²) in [5.41, 5.74) is 5.05. The number of anilines is 1. The molecule has 0 bridgehead atoms. The number of methoxy groups -OCH3 is 1. The van der Waals surface area contributed by atoms with Gasteiger partial charge in [0.1, 0.15) is 11.6 Å². The normalized spacial score (nSPS) is 12.1. The second-order valence-electron chi connectivity index (χ2n) is 6.50. The van der Waals surface area contributed by atoms with Crippen LogP contribution >= 0.6 is 0 Å². The number of aromatic nitrogens is 4. The van der Waals surface area contributed by atoms with E-state index in [1.165, 1.54) is 5.56 Å². The van der Waals surface area contributed by atoms with Crippen molar-refractivity contribution in [3.63, 3.8) is 0 Å². The van der Waals surface area contributed by atoms with Gasteiger partial charge in [0.05, 0.1) is 30.5 Å². The lowest BCUT2D eigenvalue weighted by Gasteiger charge is -2.14. The topological polar surface area (TPSA) is 75.7 Å². The molecule has 0 saturated carbocycles. The van der Waals surface area contributed by atoms with Gasteiger partial charge in [-0.1, -0.05) is 25.1 Å². The molecule has 0 aliphatic heterocycles. The SMILES string of the molecule is COc1cccc([C@@H](C)CNc2cnc3cc(-c4cn[nH]c4)ccc3n2)c1. The molecule has 2 aromatic heterocycles. The molecule has 136 valence electrons. The van der Waals surface area contributed by atoms with Crippen molar-refractivity contribution >= 4 is 16.9 Å². The van der Waals surface area contributed by atoms with E-state index >= 15 is 0 Å². The molecule has 0 aliphatic carbocycles. The zero-order valence-electron chi connectivity index (χ0n) is 15.3. The maximum Gasteiger partial charge on any atom is 0.145 e. The maximum absolute atomic E-state index is 5.30. The van der Waals surface area contributed by atoms with E-state index in [9.17, 15) is 0 Å². The first kappa shape index (κ1) is 17.0. The smallest absolute Gasteiger partial charge is 0.145 e. The molecule has 0 amide bonds. The standard InChI is InChI=1S/C21H21N5O/c1-14(15-4-3-5-18(8-15)27-2)10-23-21-13-22-20-9-16(6-7-19(20)26-21)17-11-24-25-12-17/h3-9,11-14H,10H2,1-2H3,(H,23,26)(H,24,25)/t14-/m0/s1. The highest BCUT2D eigenvalue weighted by Crippen LogP contribution is 2.23. The molecule has 6 heteroatoms. The molecule has 2 aromatic carbocycles. The largest absolute Gasteiger partial charge is 0.497 e. The van der Waals surface area contributed by atoms with Crippen molar-refractivity contribution in [3.05, 3.63) is 66.6 Å². The van der Waals surface area contributed by atoms with Crippen molar-refractivity contribution in [2.75, 3.05) is 19.0 Å². The zero-order valence-corrected chi connectivity index (χ0v) is 15.3. The Hall–Kier alpha value is -3.41. The second kappa shape index (κ2) is 7.45. The van der Waals surface area contributed by atoms with E-state index in [1.807, 2.05) is 36.5 Å². The van der Waals surface area contributed by atoms with Crippen molar-refractivity contribution in [3.8, 4) is 16.9 Å². The monoisotopic (exact) mass is 359 g/mol. The number of ether oxygens (including phenoxy) is 1. The first-order valence-electron chi connectivity index (χ1n) is 8.87. The molecule has 27 heavy (non-hydrogen) atoms. The first-order valence-corrected chi connectivity index (χ1v) is 8.87. The van der Waals surface area contributed by atoms with Gasteiger partial charge in [0, 0.05) is 18.3 Å². The van der Waals surface area contributed by atoms with Crippen LogP contribution in [0.5, 0.6) is 5.75 Å². The Balaban J connectivity index is 1.48. The summed E-state index contributed by atoms with van der Waals surface area (Å²) in [7, 11) is 1.69. The Morgan fingerprint density at radius 2 is 2.00 bits per heavy atom. The summed E-state index contributed by atoms with van der Waals surface area (Å²) >= 11 is 0. The lowest BCUT2D eigenvalue weighted by molar-refractivity contribution is 0.414. The van der Waals surface area contributed by atoms with Crippen LogP contribution < -0.4 is 10.1 Å². The van der Waals surface area contributed by atoms with E-state index in [1.54, 1.807) is 19.5 Å². The van der Waals surface area contributed by atoms with Crippen LogP contribution in [0.1, 0.15) is 18.4 Å². The summed E-state index contributed by atoms with van der Waals surface area (Å²) in [6.07, 6.45) is 5.44. The summed E-state index contributed by atoms with van der Waals surface area (Å²) in [6, 6.07) is 14.2. The number of hydrogen-bond donors (Lipinski definition) is 2. The first-order chi connectivity index (χ1) is 13.2. The molecule has 1 atom stereocenters. The minimum absolute atomic E-state index is 0.320. The summed E-state index contributed by atoms with van der Waals surface area (Å²) in [4.78, 5) is 9.23. The van der Waals surface area contributed by atoms with Crippen molar-refractivity contribution < 1.29 is 4.74 Å². The number of nitrogens with zero attached hydrogens (tertiary/aromatic N) is 3. The summed E-state index contributed by atoms with van der Waals surface area (Å²) < 4.78 is 5.30. The van der Waals surface area contributed by atoms with Gasteiger partial charge in [-0.3, -0.25) is 10.1 Å². The van der Waals surface area contributed by atoms with Crippen LogP contribution in [0, 0.1) is 0 Å². The molecule has 4 rings (SSSR count). The van der Waals surface area contributed by atoms with Gasteiger partial charge >= 0.3 is 0 Å². The van der Waals surface area contributed by atoms with Gasteiger partial charge in [-0.05, 0) is 41.3 Å². The molecular weight excluding hydrogens is 338 g/mol. The Bertz CT molecular complexity index is 1050. The second-order valence-corrected chi connectivity index (χ2v) is 6.50. The van der Waals surface area contributed by atoms with Crippen LogP contribution in [0.4, 0.5) is 5.82 Å². The fourth-order valence-electron chi connectivity index (χ4n) is 3.01. The van der Waals surface area contributed by atoms with Gasteiger partial charge in [0.15, 0.2) is 0 Å². The molecule has 0 aliphatic rings. The summed E-state index contributed by atoms with van der Waals surface area (Å²) in [5, 5.41) is 10.2. The highest BCUT2D eigenvalue weighted by Gasteiger charge is 2.08. The summed E-state index contributed by atoms with van der Waals surface area (Å²) in [6.45, 7) is 2.94. The fraction of sp³-hybridized carbons (Fsp3) is 0.190. The molecule has 0 spiro atoms. The molecular formula is C21H21N5O. The van der Waals surface area contributed by atoms with Gasteiger partial charge < -0.3 is 10.1 Å². The molecule has 0 unspecified atom stereocenters. The number of fused-ring (bicyclic) bond motifs is 1. The number of H-pyrrole nitrogens is 1. The predicted octanol–water partition coefficient (Wildman–Crippen LogP) is 4.24. The van der Waals surface area contributed by atoms with Gasteiger partial charge in [-0.2, -0.15) is 5.10 Å². The number of aromatic amines is 1. The van der Waals surface area contributed by atoms with Crippen molar-refractivity contribution in [1.82, 2.24) is 20.2 Å². The maximum atomic E-state index is 5.30. The molecule has 4 aromatic rings. The molecule has 0 saturated heterocycles. The van der Waals surface area contributed by atoms with Gasteiger partial charge in [-0.25, -0.2) is 4.98 Å². The molecule has 0 radical (unpaired) electrons. The van der Waals surface area contributed by atoms with E-state index in [2.05, 4.69) is 44.5 Å². The molecule has 0 fully saturated rings. The van der Waals surface area contributed by atoms with E-state index < -0.39 is 0 Å². The number of benzene rings is 2. The van der Waals surface area contributed by atoms with E-state index in [0.717, 1.165) is 40.3 Å². The Morgan fingerprint density at radius 3 is 2.81 bits per heavy atom. The zero-order chi connectivity index (χ0) is 18.6.